The first kappa shape index (κ1) is 11.9. The van der Waals surface area contributed by atoms with Crippen LogP contribution in [0, 0.1) is 11.3 Å². The van der Waals surface area contributed by atoms with Gasteiger partial charge in [-0.05, 0) is 6.92 Å². The molecule has 0 aromatic heterocycles. The third-order valence-electron chi connectivity index (χ3n) is 1.93. The van der Waals surface area contributed by atoms with E-state index in [9.17, 15) is 9.59 Å². The molecular formula is C10H12N4O2. The lowest BCUT2D eigenvalue weighted by Gasteiger charge is -2.07. The molecule has 1 aliphatic heterocycles. The van der Waals surface area contributed by atoms with Crippen molar-refractivity contribution in [3.63, 3.8) is 0 Å². The molecule has 0 atom stereocenters. The van der Waals surface area contributed by atoms with Gasteiger partial charge in [0.15, 0.2) is 0 Å². The van der Waals surface area contributed by atoms with Crippen LogP contribution in [0.2, 0.25) is 0 Å². The summed E-state index contributed by atoms with van der Waals surface area (Å²) in [7, 11) is 0. The molecule has 0 saturated heterocycles. The highest BCUT2D eigenvalue weighted by atomic mass is 16.2. The van der Waals surface area contributed by atoms with Crippen LogP contribution in [-0.4, -0.2) is 29.2 Å². The van der Waals surface area contributed by atoms with E-state index >= 15 is 0 Å². The van der Waals surface area contributed by atoms with Crippen LogP contribution in [0.3, 0.4) is 0 Å². The Labute approximate surface area is 93.2 Å². The normalized spacial score (nSPS) is 14.4. The number of hydrazone groups is 1. The standard InChI is InChI=1S/C10H12N4O2/c1-7(2)10(16)12-8-6-9(15)14(13-8)5-3-4-11/h1,3,5-6H2,2H3,(H,12,13,16). The zero-order valence-electron chi connectivity index (χ0n) is 8.99. The maximum atomic E-state index is 11.4. The third-order valence-corrected chi connectivity index (χ3v) is 1.93. The maximum absolute atomic E-state index is 11.4. The molecule has 0 aliphatic carbocycles. The van der Waals surface area contributed by atoms with Crippen LogP contribution in [0.5, 0.6) is 0 Å². The van der Waals surface area contributed by atoms with E-state index in [1.54, 1.807) is 6.92 Å². The summed E-state index contributed by atoms with van der Waals surface area (Å²) in [5.41, 5.74) is 0.352. The van der Waals surface area contributed by atoms with Crippen molar-refractivity contribution in [2.75, 3.05) is 6.54 Å². The highest BCUT2D eigenvalue weighted by Crippen LogP contribution is 2.07. The Balaban J connectivity index is 2.58. The Morgan fingerprint density at radius 3 is 3.00 bits per heavy atom. The van der Waals surface area contributed by atoms with Crippen molar-refractivity contribution in [1.82, 2.24) is 10.3 Å². The summed E-state index contributed by atoms with van der Waals surface area (Å²) in [6.07, 6.45) is 0.279. The summed E-state index contributed by atoms with van der Waals surface area (Å²) < 4.78 is 0. The average molecular weight is 220 g/mol. The molecule has 6 nitrogen and oxygen atoms in total. The van der Waals surface area contributed by atoms with E-state index in [-0.39, 0.29) is 31.2 Å². The molecule has 0 radical (unpaired) electrons. The van der Waals surface area contributed by atoms with Gasteiger partial charge in [0.2, 0.25) is 5.91 Å². The fourth-order valence-corrected chi connectivity index (χ4v) is 1.11. The van der Waals surface area contributed by atoms with Gasteiger partial charge in [-0.2, -0.15) is 10.4 Å². The number of rotatable bonds is 3. The highest BCUT2D eigenvalue weighted by Gasteiger charge is 2.24. The molecule has 0 saturated carbocycles. The highest BCUT2D eigenvalue weighted by molar-refractivity contribution is 6.12. The number of carbonyl (C=O) groups is 2. The lowest BCUT2D eigenvalue weighted by molar-refractivity contribution is -0.128. The molecule has 0 aromatic carbocycles. The Morgan fingerprint density at radius 1 is 1.75 bits per heavy atom. The average Bonchev–Trinajstić information content (AvgIpc) is 2.55. The fourth-order valence-electron chi connectivity index (χ4n) is 1.11. The van der Waals surface area contributed by atoms with Crippen molar-refractivity contribution < 1.29 is 9.59 Å². The van der Waals surface area contributed by atoms with Gasteiger partial charge in [-0.25, -0.2) is 5.01 Å². The lowest BCUT2D eigenvalue weighted by atomic mass is 10.3. The number of hydrogen-bond donors (Lipinski definition) is 1. The van der Waals surface area contributed by atoms with Crippen molar-refractivity contribution in [2.45, 2.75) is 19.8 Å². The predicted molar refractivity (Wildman–Crippen MR) is 57.0 cm³/mol. The molecule has 0 bridgehead atoms. The van der Waals surface area contributed by atoms with Gasteiger partial charge in [-0.3, -0.25) is 9.59 Å². The van der Waals surface area contributed by atoms with Gasteiger partial charge in [-0.1, -0.05) is 6.58 Å². The van der Waals surface area contributed by atoms with Crippen LogP contribution in [0.15, 0.2) is 17.3 Å². The minimum absolute atomic E-state index is 0.0600. The second-order valence-electron chi connectivity index (χ2n) is 3.38. The largest absolute Gasteiger partial charge is 0.308 e. The topological polar surface area (TPSA) is 85.6 Å². The molecule has 1 rings (SSSR count). The number of amidine groups is 1. The van der Waals surface area contributed by atoms with Gasteiger partial charge in [0.1, 0.15) is 5.84 Å². The number of nitrogens with zero attached hydrogens (tertiary/aromatic N) is 3. The number of hydrogen-bond acceptors (Lipinski definition) is 4. The smallest absolute Gasteiger partial charge is 0.251 e. The van der Waals surface area contributed by atoms with E-state index in [1.807, 2.05) is 6.07 Å². The second kappa shape index (κ2) is 5.07. The number of carbonyl (C=O) groups excluding carboxylic acids is 2. The van der Waals surface area contributed by atoms with Crippen LogP contribution in [0.25, 0.3) is 0 Å². The monoisotopic (exact) mass is 220 g/mol. The van der Waals surface area contributed by atoms with E-state index in [4.69, 9.17) is 5.26 Å². The van der Waals surface area contributed by atoms with Crippen molar-refractivity contribution in [1.29, 1.82) is 5.26 Å². The molecule has 16 heavy (non-hydrogen) atoms. The first-order valence-corrected chi connectivity index (χ1v) is 4.76. The zero-order valence-corrected chi connectivity index (χ0v) is 8.99. The summed E-state index contributed by atoms with van der Waals surface area (Å²) in [6, 6.07) is 1.92. The van der Waals surface area contributed by atoms with Gasteiger partial charge >= 0.3 is 0 Å². The molecule has 1 heterocycles. The molecule has 1 N–H and O–H groups in total. The van der Waals surface area contributed by atoms with Crippen LogP contribution in [-0.2, 0) is 9.59 Å². The Kier molecular flexibility index (Phi) is 3.78. The molecular weight excluding hydrogens is 208 g/mol. The van der Waals surface area contributed by atoms with Crippen molar-refractivity contribution in [3.8, 4) is 6.07 Å². The fraction of sp³-hybridized carbons (Fsp3) is 0.400. The SMILES string of the molecule is C=C(C)C(=O)NC1=NN(CCC#N)C(=O)C1. The minimum Gasteiger partial charge on any atom is -0.308 e. The lowest BCUT2D eigenvalue weighted by Crippen LogP contribution is -2.29. The minimum atomic E-state index is -0.353. The zero-order chi connectivity index (χ0) is 12.1. The van der Waals surface area contributed by atoms with Crippen LogP contribution < -0.4 is 5.32 Å². The molecule has 84 valence electrons. The Hall–Kier alpha value is -2.16. The van der Waals surface area contributed by atoms with Crippen LogP contribution in [0.4, 0.5) is 0 Å². The van der Waals surface area contributed by atoms with Gasteiger partial charge in [-0.15, -0.1) is 0 Å². The molecule has 0 fully saturated rings. The number of amides is 2. The summed E-state index contributed by atoms with van der Waals surface area (Å²) in [5.74, 6) is -0.267. The molecule has 2 amide bonds. The Bertz CT molecular complexity index is 406. The molecule has 0 aromatic rings. The summed E-state index contributed by atoms with van der Waals surface area (Å²) in [4.78, 5) is 22.6. The molecule has 1 aliphatic rings. The van der Waals surface area contributed by atoms with Crippen molar-refractivity contribution >= 4 is 17.6 Å². The third kappa shape index (κ3) is 2.92. The van der Waals surface area contributed by atoms with E-state index < -0.39 is 0 Å². The van der Waals surface area contributed by atoms with Crippen LogP contribution in [0.1, 0.15) is 19.8 Å². The van der Waals surface area contributed by atoms with E-state index in [2.05, 4.69) is 17.0 Å². The Morgan fingerprint density at radius 2 is 2.44 bits per heavy atom. The van der Waals surface area contributed by atoms with E-state index in [0.29, 0.717) is 11.4 Å². The summed E-state index contributed by atoms with van der Waals surface area (Å²) >= 11 is 0. The number of nitriles is 1. The quantitative estimate of drug-likeness (QED) is 0.686. The van der Waals surface area contributed by atoms with Gasteiger partial charge < -0.3 is 5.32 Å². The molecule has 6 heteroatoms. The van der Waals surface area contributed by atoms with E-state index in [0.717, 1.165) is 0 Å². The molecule has 0 spiro atoms. The summed E-state index contributed by atoms with van der Waals surface area (Å²) in [6.45, 7) is 5.30. The van der Waals surface area contributed by atoms with Gasteiger partial charge in [0.05, 0.1) is 25.5 Å². The van der Waals surface area contributed by atoms with E-state index in [1.165, 1.54) is 5.01 Å². The van der Waals surface area contributed by atoms with Crippen LogP contribution >= 0.6 is 0 Å². The summed E-state index contributed by atoms with van der Waals surface area (Å²) in [5, 5.41) is 16.0. The predicted octanol–water partition coefficient (Wildman–Crippen LogP) is 0.138. The molecule has 0 unspecified atom stereocenters. The number of nitrogens with one attached hydrogen (secondary N) is 1. The second-order valence-corrected chi connectivity index (χ2v) is 3.38. The van der Waals surface area contributed by atoms with Crippen molar-refractivity contribution in [2.24, 2.45) is 5.10 Å². The maximum Gasteiger partial charge on any atom is 0.251 e. The van der Waals surface area contributed by atoms with Gasteiger partial charge in [0, 0.05) is 5.57 Å². The first-order valence-electron chi connectivity index (χ1n) is 4.76. The van der Waals surface area contributed by atoms with Gasteiger partial charge in [0.25, 0.3) is 5.91 Å². The first-order chi connectivity index (χ1) is 7.54. The van der Waals surface area contributed by atoms with Crippen molar-refractivity contribution in [3.05, 3.63) is 12.2 Å².